The normalized spacial score (nSPS) is 49.9. The Hall–Kier alpha value is 0.815. The number of halogens is 1. The lowest BCUT2D eigenvalue weighted by Crippen LogP contribution is -2.33. The summed E-state index contributed by atoms with van der Waals surface area (Å²) in [5, 5.41) is 8.41. The first-order chi connectivity index (χ1) is 5.00. The quantitative estimate of drug-likeness (QED) is 0.502. The number of hydrogen-bond acceptors (Lipinski definition) is 1. The molecule has 0 aliphatic heterocycles. The Balaban J connectivity index is 3.09. The van der Waals surface area contributed by atoms with E-state index in [0.29, 0.717) is 0 Å². The highest BCUT2D eigenvalue weighted by molar-refractivity contribution is 7.25. The van der Waals surface area contributed by atoms with Crippen LogP contribution in [0.5, 0.6) is 0 Å². The topological polar surface area (TPSA) is 20.2 Å². The number of alkyl halides is 1. The molecule has 5 unspecified atom stereocenters. The zero-order chi connectivity index (χ0) is 10.0. The van der Waals surface area contributed by atoms with Gasteiger partial charge in [0.15, 0.2) is 0 Å². The van der Waals surface area contributed by atoms with E-state index in [-0.39, 0.29) is 10.7 Å². The van der Waals surface area contributed by atoms with Gasteiger partial charge in [-0.15, -0.1) is 9.24 Å². The van der Waals surface area contributed by atoms with Gasteiger partial charge in [-0.2, -0.15) is 0 Å². The first kappa shape index (κ1) is 10.9. The standard InChI is InChI=1S/C7H16BFOP2/c1-4(2)5(3,8)6(4,11)7(9,10)12/h10H,8,11-12H2,1-3H3. The lowest BCUT2D eigenvalue weighted by atomic mass is 9.78. The fourth-order valence-corrected chi connectivity index (χ4v) is 3.60. The summed E-state index contributed by atoms with van der Waals surface area (Å²) in [7, 11) is 6.31. The highest BCUT2D eigenvalue weighted by Crippen LogP contribution is 2.84. The van der Waals surface area contributed by atoms with E-state index in [9.17, 15) is 9.50 Å². The highest BCUT2D eigenvalue weighted by atomic mass is 31.0. The Labute approximate surface area is 78.7 Å². The molecule has 0 aromatic heterocycles. The third-order valence-corrected chi connectivity index (χ3v) is 6.66. The molecule has 1 fully saturated rings. The summed E-state index contributed by atoms with van der Waals surface area (Å²) < 4.78 is 13.4. The zero-order valence-corrected chi connectivity index (χ0v) is 10.3. The van der Waals surface area contributed by atoms with Crippen LogP contribution in [0.2, 0.25) is 5.31 Å². The first-order valence-corrected chi connectivity index (χ1v) is 5.14. The molecule has 0 heterocycles. The largest absolute Gasteiger partial charge is 0.358 e. The Morgan fingerprint density at radius 3 is 1.67 bits per heavy atom. The van der Waals surface area contributed by atoms with Crippen LogP contribution in [0.4, 0.5) is 4.39 Å². The molecule has 1 aliphatic rings. The maximum atomic E-state index is 13.4. The van der Waals surface area contributed by atoms with E-state index < -0.39 is 10.8 Å². The minimum Gasteiger partial charge on any atom is -0.358 e. The zero-order valence-electron chi connectivity index (χ0n) is 7.98. The molecule has 0 amide bonds. The van der Waals surface area contributed by atoms with Crippen molar-refractivity contribution in [1.82, 2.24) is 0 Å². The van der Waals surface area contributed by atoms with Gasteiger partial charge in [-0.3, -0.25) is 0 Å². The lowest BCUT2D eigenvalue weighted by molar-refractivity contribution is -0.0160. The lowest BCUT2D eigenvalue weighted by Gasteiger charge is -2.26. The predicted molar refractivity (Wildman–Crippen MR) is 58.9 cm³/mol. The molecule has 70 valence electrons. The van der Waals surface area contributed by atoms with Gasteiger partial charge in [0, 0.05) is 0 Å². The SMILES string of the molecule is BC1(C)C(C)(C)C1(P)C(O)(F)P. The number of rotatable bonds is 1. The number of aliphatic hydroxyl groups is 1. The molecule has 0 saturated heterocycles. The van der Waals surface area contributed by atoms with Gasteiger partial charge in [-0.1, -0.05) is 30.0 Å². The second-order valence-electron chi connectivity index (χ2n) is 4.73. The van der Waals surface area contributed by atoms with E-state index in [1.54, 1.807) is 0 Å². The van der Waals surface area contributed by atoms with Crippen molar-refractivity contribution in [3.63, 3.8) is 0 Å². The smallest absolute Gasteiger partial charge is 0.228 e. The van der Waals surface area contributed by atoms with Crippen LogP contribution >= 0.6 is 18.5 Å². The van der Waals surface area contributed by atoms with Crippen molar-refractivity contribution >= 4 is 26.3 Å². The van der Waals surface area contributed by atoms with Crippen LogP contribution in [0.3, 0.4) is 0 Å². The minimum absolute atomic E-state index is 0.198. The van der Waals surface area contributed by atoms with Crippen LogP contribution in [0.25, 0.3) is 0 Å². The Morgan fingerprint density at radius 2 is 1.67 bits per heavy atom. The Bertz CT molecular complexity index is 208. The van der Waals surface area contributed by atoms with Crippen LogP contribution in [0.15, 0.2) is 0 Å². The van der Waals surface area contributed by atoms with Crippen LogP contribution in [0.1, 0.15) is 20.8 Å². The van der Waals surface area contributed by atoms with E-state index in [1.165, 1.54) is 0 Å². The summed E-state index contributed by atoms with van der Waals surface area (Å²) in [6.45, 7) is 5.90. The van der Waals surface area contributed by atoms with Crippen molar-refractivity contribution in [2.45, 2.75) is 36.8 Å². The van der Waals surface area contributed by atoms with Crippen LogP contribution in [0, 0.1) is 5.41 Å². The molecule has 5 atom stereocenters. The van der Waals surface area contributed by atoms with Gasteiger partial charge in [-0.05, 0) is 10.7 Å². The van der Waals surface area contributed by atoms with Gasteiger partial charge in [0.2, 0.25) is 5.60 Å². The average Bonchev–Trinajstić information content (AvgIpc) is 2.09. The highest BCUT2D eigenvalue weighted by Gasteiger charge is 2.81. The molecule has 1 N–H and O–H groups in total. The Kier molecular flexibility index (Phi) is 2.04. The summed E-state index contributed by atoms with van der Waals surface area (Å²) >= 11 is 0. The predicted octanol–water partition coefficient (Wildman–Crippen LogP) is 0.942. The molecule has 1 nitrogen and oxygen atoms in total. The maximum Gasteiger partial charge on any atom is 0.228 e. The summed E-state index contributed by atoms with van der Waals surface area (Å²) in [4.78, 5) is 0. The Morgan fingerprint density at radius 1 is 1.42 bits per heavy atom. The third-order valence-electron chi connectivity index (χ3n) is 4.02. The second kappa shape index (κ2) is 2.24. The van der Waals surface area contributed by atoms with E-state index in [4.69, 9.17) is 0 Å². The molecule has 1 aliphatic carbocycles. The fraction of sp³-hybridized carbons (Fsp3) is 1.00. The van der Waals surface area contributed by atoms with E-state index in [2.05, 4.69) is 9.24 Å². The molecule has 0 bridgehead atoms. The van der Waals surface area contributed by atoms with Crippen LogP contribution < -0.4 is 0 Å². The second-order valence-corrected chi connectivity index (χ2v) is 6.36. The van der Waals surface area contributed by atoms with Crippen LogP contribution in [-0.2, 0) is 0 Å². The average molecular weight is 208 g/mol. The van der Waals surface area contributed by atoms with Crippen molar-refractivity contribution in [2.24, 2.45) is 5.41 Å². The fourth-order valence-electron chi connectivity index (χ4n) is 2.23. The van der Waals surface area contributed by atoms with Gasteiger partial charge in [0.25, 0.3) is 0 Å². The van der Waals surface area contributed by atoms with Gasteiger partial charge < -0.3 is 5.11 Å². The first-order valence-electron chi connectivity index (χ1n) is 3.99. The van der Waals surface area contributed by atoms with E-state index >= 15 is 0 Å². The molecule has 12 heavy (non-hydrogen) atoms. The molecule has 0 aromatic carbocycles. The minimum atomic E-state index is -2.20. The van der Waals surface area contributed by atoms with Gasteiger partial charge in [0.1, 0.15) is 7.85 Å². The molecule has 0 aromatic rings. The molecule has 1 saturated carbocycles. The summed E-state index contributed by atoms with van der Waals surface area (Å²) in [5.41, 5.74) is -2.40. The number of hydrogen-bond donors (Lipinski definition) is 1. The summed E-state index contributed by atoms with van der Waals surface area (Å²) in [6, 6.07) is 0. The molecular weight excluding hydrogens is 192 g/mol. The summed E-state index contributed by atoms with van der Waals surface area (Å²) in [5.74, 6) is 0. The molecule has 1 rings (SSSR count). The summed E-state index contributed by atoms with van der Waals surface area (Å²) in [6.07, 6.45) is 0. The third kappa shape index (κ3) is 0.860. The van der Waals surface area contributed by atoms with Gasteiger partial charge >= 0.3 is 0 Å². The maximum absolute atomic E-state index is 13.4. The van der Waals surface area contributed by atoms with Crippen molar-refractivity contribution in [3.8, 4) is 0 Å². The van der Waals surface area contributed by atoms with Gasteiger partial charge in [-0.25, -0.2) is 4.39 Å². The molecule has 5 heteroatoms. The monoisotopic (exact) mass is 208 g/mol. The van der Waals surface area contributed by atoms with Crippen LogP contribution in [-0.4, -0.2) is 23.7 Å². The van der Waals surface area contributed by atoms with Crippen molar-refractivity contribution in [2.75, 3.05) is 0 Å². The van der Waals surface area contributed by atoms with Crippen molar-refractivity contribution in [1.29, 1.82) is 0 Å². The molecule has 0 spiro atoms. The van der Waals surface area contributed by atoms with Gasteiger partial charge in [0.05, 0.1) is 5.16 Å². The molecular formula is C7H16BFOP2. The van der Waals surface area contributed by atoms with Crippen molar-refractivity contribution < 1.29 is 9.50 Å². The van der Waals surface area contributed by atoms with E-state index in [0.717, 1.165) is 0 Å². The van der Waals surface area contributed by atoms with E-state index in [1.807, 2.05) is 37.9 Å². The molecule has 0 radical (unpaired) electrons. The van der Waals surface area contributed by atoms with Crippen molar-refractivity contribution in [3.05, 3.63) is 0 Å².